The highest BCUT2D eigenvalue weighted by Crippen LogP contribution is 2.32. The molecule has 1 saturated heterocycles. The summed E-state index contributed by atoms with van der Waals surface area (Å²) in [5.41, 5.74) is -0.649. The molecule has 26 heavy (non-hydrogen) atoms. The second-order valence-electron chi connectivity index (χ2n) is 8.28. The number of methoxy groups -OCH3 is 1. The van der Waals surface area contributed by atoms with Crippen LogP contribution in [0.1, 0.15) is 33.6 Å². The van der Waals surface area contributed by atoms with E-state index < -0.39 is 5.60 Å². The van der Waals surface area contributed by atoms with Gasteiger partial charge in [0.25, 0.3) is 0 Å². The Hall–Kier alpha value is -1.60. The molecular weight excluding hydrogens is 334 g/mol. The van der Waals surface area contributed by atoms with Crippen LogP contribution in [-0.2, 0) is 14.3 Å². The van der Waals surface area contributed by atoms with Crippen LogP contribution in [0.5, 0.6) is 0 Å². The first-order chi connectivity index (χ1) is 12.1. The van der Waals surface area contributed by atoms with Crippen LogP contribution in [0.15, 0.2) is 12.2 Å². The zero-order chi connectivity index (χ0) is 19.8. The van der Waals surface area contributed by atoms with Crippen molar-refractivity contribution in [1.29, 1.82) is 0 Å². The van der Waals surface area contributed by atoms with Crippen LogP contribution in [0.3, 0.4) is 0 Å². The fraction of sp³-hybridized carbons (Fsp3) is 0.789. The second kappa shape index (κ2) is 9.92. The Bertz CT molecular complexity index is 490. The molecule has 0 atom stereocenters. The molecular formula is C19H35N3O4. The number of amides is 2. The topological polar surface area (TPSA) is 71.1 Å². The number of carbonyl (C=O) groups is 2. The standard InChI is InChI=1S/C19H35N3O4/c1-18(2,3)26-17(24)22-12-9-19(10-13-22,15-25-6)14-20-16(23)8-7-11-21(4)5/h7-8H,9-15H2,1-6H3,(H,20,23)/b8-7+. The van der Waals surface area contributed by atoms with Gasteiger partial charge in [-0.15, -0.1) is 0 Å². The molecule has 0 aliphatic carbocycles. The third kappa shape index (κ3) is 8.19. The second-order valence-corrected chi connectivity index (χ2v) is 8.28. The van der Waals surface area contributed by atoms with E-state index in [1.807, 2.05) is 45.8 Å². The average molecular weight is 370 g/mol. The number of carbonyl (C=O) groups excluding carboxylic acids is 2. The molecule has 7 nitrogen and oxygen atoms in total. The fourth-order valence-corrected chi connectivity index (χ4v) is 2.87. The van der Waals surface area contributed by atoms with E-state index >= 15 is 0 Å². The molecule has 0 saturated carbocycles. The van der Waals surface area contributed by atoms with E-state index in [1.165, 1.54) is 0 Å². The number of hydrogen-bond donors (Lipinski definition) is 1. The van der Waals surface area contributed by atoms with Gasteiger partial charge in [-0.3, -0.25) is 4.79 Å². The van der Waals surface area contributed by atoms with Gasteiger partial charge in [0.05, 0.1) is 6.61 Å². The molecule has 1 heterocycles. The van der Waals surface area contributed by atoms with Gasteiger partial charge in [0, 0.05) is 44.8 Å². The van der Waals surface area contributed by atoms with Crippen LogP contribution in [0.2, 0.25) is 0 Å². The van der Waals surface area contributed by atoms with Crippen molar-refractivity contribution in [3.8, 4) is 0 Å². The van der Waals surface area contributed by atoms with E-state index in [0.29, 0.717) is 26.2 Å². The highest BCUT2D eigenvalue weighted by molar-refractivity contribution is 5.87. The summed E-state index contributed by atoms with van der Waals surface area (Å²) in [6.45, 7) is 8.61. The van der Waals surface area contributed by atoms with Gasteiger partial charge in [-0.25, -0.2) is 4.79 Å². The Labute approximate surface area is 157 Å². The first-order valence-electron chi connectivity index (χ1n) is 9.13. The van der Waals surface area contributed by atoms with Crippen LogP contribution >= 0.6 is 0 Å². The van der Waals surface area contributed by atoms with Gasteiger partial charge in [-0.1, -0.05) is 6.08 Å². The average Bonchev–Trinajstić information content (AvgIpc) is 2.52. The Morgan fingerprint density at radius 3 is 2.35 bits per heavy atom. The first kappa shape index (κ1) is 22.4. The number of hydrogen-bond acceptors (Lipinski definition) is 5. The lowest BCUT2D eigenvalue weighted by Gasteiger charge is -2.41. The predicted octanol–water partition coefficient (Wildman–Crippen LogP) is 1.88. The van der Waals surface area contributed by atoms with E-state index in [0.717, 1.165) is 19.4 Å². The number of nitrogens with one attached hydrogen (secondary N) is 1. The number of piperidine rings is 1. The number of likely N-dealkylation sites (tertiary alicyclic amines) is 1. The third-order valence-corrected chi connectivity index (χ3v) is 4.30. The lowest BCUT2D eigenvalue weighted by Crippen LogP contribution is -2.50. The van der Waals surface area contributed by atoms with E-state index in [-0.39, 0.29) is 17.4 Å². The van der Waals surface area contributed by atoms with Crippen molar-refractivity contribution in [1.82, 2.24) is 15.1 Å². The van der Waals surface area contributed by atoms with Crippen LogP contribution in [0.4, 0.5) is 4.79 Å². The minimum Gasteiger partial charge on any atom is -0.444 e. The molecule has 1 aliphatic rings. The van der Waals surface area contributed by atoms with Gasteiger partial charge < -0.3 is 24.6 Å². The summed E-state index contributed by atoms with van der Waals surface area (Å²) in [5, 5.41) is 2.98. The molecule has 0 radical (unpaired) electrons. The molecule has 0 aromatic heterocycles. The highest BCUT2D eigenvalue weighted by Gasteiger charge is 2.37. The maximum absolute atomic E-state index is 12.2. The molecule has 2 amide bonds. The smallest absolute Gasteiger partial charge is 0.410 e. The van der Waals surface area contributed by atoms with Crippen molar-refractivity contribution in [3.63, 3.8) is 0 Å². The van der Waals surface area contributed by atoms with Gasteiger partial charge in [-0.2, -0.15) is 0 Å². The van der Waals surface area contributed by atoms with E-state index in [2.05, 4.69) is 5.32 Å². The van der Waals surface area contributed by atoms with Crippen molar-refractivity contribution in [3.05, 3.63) is 12.2 Å². The summed E-state index contributed by atoms with van der Waals surface area (Å²) in [6, 6.07) is 0. The minimum absolute atomic E-state index is 0.100. The van der Waals surface area contributed by atoms with Crippen molar-refractivity contribution in [2.24, 2.45) is 5.41 Å². The van der Waals surface area contributed by atoms with Crippen molar-refractivity contribution in [2.75, 3.05) is 54.0 Å². The Morgan fingerprint density at radius 1 is 1.23 bits per heavy atom. The number of ether oxygens (including phenoxy) is 2. The van der Waals surface area contributed by atoms with Gasteiger partial charge in [0.1, 0.15) is 5.60 Å². The number of nitrogens with zero attached hydrogens (tertiary/aromatic N) is 2. The quantitative estimate of drug-likeness (QED) is 0.694. The maximum Gasteiger partial charge on any atom is 0.410 e. The molecule has 0 unspecified atom stereocenters. The zero-order valence-electron chi connectivity index (χ0n) is 17.1. The normalized spacial score (nSPS) is 17.6. The van der Waals surface area contributed by atoms with E-state index in [9.17, 15) is 9.59 Å². The van der Waals surface area contributed by atoms with Crippen LogP contribution < -0.4 is 5.32 Å². The Morgan fingerprint density at radius 2 is 1.85 bits per heavy atom. The Kier molecular flexibility index (Phi) is 8.56. The maximum atomic E-state index is 12.2. The van der Waals surface area contributed by atoms with Crippen molar-refractivity contribution in [2.45, 2.75) is 39.2 Å². The molecule has 1 N–H and O–H groups in total. The molecule has 7 heteroatoms. The number of rotatable bonds is 7. The highest BCUT2D eigenvalue weighted by atomic mass is 16.6. The molecule has 1 aliphatic heterocycles. The molecule has 0 spiro atoms. The molecule has 0 bridgehead atoms. The van der Waals surface area contributed by atoms with E-state index in [4.69, 9.17) is 9.47 Å². The number of likely N-dealkylation sites (N-methyl/N-ethyl adjacent to an activating group) is 1. The van der Waals surface area contributed by atoms with Gasteiger partial charge in [-0.05, 0) is 47.7 Å². The molecule has 0 aromatic rings. The predicted molar refractivity (Wildman–Crippen MR) is 102 cm³/mol. The Balaban J connectivity index is 2.55. The lowest BCUT2D eigenvalue weighted by molar-refractivity contribution is -0.117. The van der Waals surface area contributed by atoms with Crippen LogP contribution in [0.25, 0.3) is 0 Å². The summed E-state index contributed by atoms with van der Waals surface area (Å²) in [6.07, 6.45) is 4.66. The summed E-state index contributed by atoms with van der Waals surface area (Å²) >= 11 is 0. The molecule has 1 fully saturated rings. The van der Waals surface area contributed by atoms with E-state index in [1.54, 1.807) is 18.1 Å². The zero-order valence-corrected chi connectivity index (χ0v) is 17.1. The van der Waals surface area contributed by atoms with Gasteiger partial charge in [0.2, 0.25) is 5.91 Å². The fourth-order valence-electron chi connectivity index (χ4n) is 2.87. The summed E-state index contributed by atoms with van der Waals surface area (Å²) in [7, 11) is 5.57. The van der Waals surface area contributed by atoms with Crippen molar-refractivity contribution >= 4 is 12.0 Å². The largest absolute Gasteiger partial charge is 0.444 e. The summed E-state index contributed by atoms with van der Waals surface area (Å²) in [4.78, 5) is 27.9. The lowest BCUT2D eigenvalue weighted by atomic mass is 9.79. The minimum atomic E-state index is -0.495. The van der Waals surface area contributed by atoms with Crippen molar-refractivity contribution < 1.29 is 19.1 Å². The third-order valence-electron chi connectivity index (χ3n) is 4.30. The van der Waals surface area contributed by atoms with Crippen LogP contribution in [0, 0.1) is 5.41 Å². The van der Waals surface area contributed by atoms with Gasteiger partial charge in [0.15, 0.2) is 0 Å². The monoisotopic (exact) mass is 369 g/mol. The SMILES string of the molecule is COCC1(CNC(=O)/C=C/CN(C)C)CCN(C(=O)OC(C)(C)C)CC1. The van der Waals surface area contributed by atoms with Crippen LogP contribution in [-0.4, -0.2) is 81.4 Å². The molecule has 150 valence electrons. The first-order valence-corrected chi connectivity index (χ1v) is 9.13. The molecule has 0 aromatic carbocycles. The molecule has 1 rings (SSSR count). The van der Waals surface area contributed by atoms with Gasteiger partial charge >= 0.3 is 6.09 Å². The summed E-state index contributed by atoms with van der Waals surface area (Å²) in [5.74, 6) is -0.100. The summed E-state index contributed by atoms with van der Waals surface area (Å²) < 4.78 is 10.8.